The first kappa shape index (κ1) is 35.4. The number of methoxy groups -OCH3 is 1. The van der Waals surface area contributed by atoms with E-state index in [-0.39, 0.29) is 43.1 Å². The van der Waals surface area contributed by atoms with Crippen molar-refractivity contribution >= 4 is 11.8 Å². The van der Waals surface area contributed by atoms with Gasteiger partial charge in [0.2, 0.25) is 11.8 Å². The van der Waals surface area contributed by atoms with E-state index in [9.17, 15) is 19.1 Å². The quantitative estimate of drug-likeness (QED) is 0.164. The first-order valence-corrected chi connectivity index (χ1v) is 15.7. The third kappa shape index (κ3) is 11.5. The molecule has 0 radical (unpaired) electrons. The maximum atomic E-state index is 13.2. The molecular weight excluding hydrogens is 565 g/mol. The van der Waals surface area contributed by atoms with Crippen molar-refractivity contribution in [3.63, 3.8) is 0 Å². The van der Waals surface area contributed by atoms with Gasteiger partial charge in [0.1, 0.15) is 17.6 Å². The topological polar surface area (TPSA) is 132 Å². The van der Waals surface area contributed by atoms with Gasteiger partial charge < -0.3 is 35.7 Å². The van der Waals surface area contributed by atoms with E-state index < -0.39 is 24.1 Å². The molecule has 0 spiro atoms. The van der Waals surface area contributed by atoms with Crippen LogP contribution < -0.4 is 21.1 Å². The van der Waals surface area contributed by atoms with E-state index in [1.54, 1.807) is 26.2 Å². The number of nitrogens with one attached hydrogen (secondary N) is 2. The molecule has 1 fully saturated rings. The lowest BCUT2D eigenvalue weighted by atomic mass is 9.95. The average Bonchev–Trinajstić information content (AvgIpc) is 3.86. The Morgan fingerprint density at radius 3 is 2.43 bits per heavy atom. The number of hydrogen-bond acceptors (Lipinski definition) is 7. The van der Waals surface area contributed by atoms with Crippen molar-refractivity contribution in [3.05, 3.63) is 65.0 Å². The number of aliphatic hydroxyl groups is 1. The first-order chi connectivity index (χ1) is 21.1. The predicted octanol–water partition coefficient (Wildman–Crippen LogP) is 4.20. The van der Waals surface area contributed by atoms with E-state index in [0.29, 0.717) is 32.2 Å². The number of carbonyl (C=O) groups is 2. The van der Waals surface area contributed by atoms with Crippen molar-refractivity contribution in [1.29, 1.82) is 0 Å². The predicted molar refractivity (Wildman–Crippen MR) is 167 cm³/mol. The van der Waals surface area contributed by atoms with Crippen LogP contribution in [0.5, 0.6) is 5.75 Å². The molecule has 1 saturated carbocycles. The molecule has 0 bridgehead atoms. The van der Waals surface area contributed by atoms with E-state index >= 15 is 0 Å². The number of halogens is 1. The highest BCUT2D eigenvalue weighted by Gasteiger charge is 2.30. The van der Waals surface area contributed by atoms with Crippen LogP contribution in [0.2, 0.25) is 0 Å². The average molecular weight is 616 g/mol. The summed E-state index contributed by atoms with van der Waals surface area (Å²) >= 11 is 0. The van der Waals surface area contributed by atoms with Gasteiger partial charge in [-0.15, -0.1) is 0 Å². The number of amides is 2. The van der Waals surface area contributed by atoms with Crippen LogP contribution in [0.1, 0.15) is 75.5 Å². The minimum absolute atomic E-state index is 0.116. The summed E-state index contributed by atoms with van der Waals surface area (Å²) in [5.74, 6) is -0.263. The van der Waals surface area contributed by atoms with Crippen molar-refractivity contribution in [2.75, 3.05) is 26.9 Å². The molecule has 9 nitrogen and oxygen atoms in total. The summed E-state index contributed by atoms with van der Waals surface area (Å²) in [5, 5.41) is 16.4. The normalized spacial score (nSPS) is 16.4. The molecule has 3 rings (SSSR count). The lowest BCUT2D eigenvalue weighted by molar-refractivity contribution is -0.132. The van der Waals surface area contributed by atoms with Gasteiger partial charge in [-0.25, -0.2) is 4.39 Å². The first-order valence-electron chi connectivity index (χ1n) is 15.7. The highest BCUT2D eigenvalue weighted by atomic mass is 19.1. The Morgan fingerprint density at radius 2 is 1.77 bits per heavy atom. The zero-order chi connectivity index (χ0) is 32.1. The molecule has 2 amide bonds. The van der Waals surface area contributed by atoms with Crippen LogP contribution in [0.4, 0.5) is 4.39 Å². The second kappa shape index (κ2) is 18.0. The zero-order valence-electron chi connectivity index (χ0n) is 26.5. The summed E-state index contributed by atoms with van der Waals surface area (Å²) in [6.45, 7) is 7.43. The highest BCUT2D eigenvalue weighted by molar-refractivity contribution is 5.88. The van der Waals surface area contributed by atoms with Crippen molar-refractivity contribution in [1.82, 2.24) is 10.6 Å². The van der Waals surface area contributed by atoms with Crippen LogP contribution in [-0.4, -0.2) is 62.0 Å². The smallest absolute Gasteiger partial charge is 0.243 e. The summed E-state index contributed by atoms with van der Waals surface area (Å²) < 4.78 is 30.2. The summed E-state index contributed by atoms with van der Waals surface area (Å²) in [6.07, 6.45) is 3.00. The van der Waals surface area contributed by atoms with E-state index in [0.717, 1.165) is 23.3 Å². The fraction of sp³-hybridized carbons (Fsp3) is 0.588. The summed E-state index contributed by atoms with van der Waals surface area (Å²) in [7, 11) is 1.68. The molecule has 0 heterocycles. The van der Waals surface area contributed by atoms with Crippen LogP contribution in [0.15, 0.2) is 42.5 Å². The Kier molecular flexibility index (Phi) is 14.5. The van der Waals surface area contributed by atoms with Crippen molar-refractivity contribution in [2.45, 2.75) is 90.1 Å². The summed E-state index contributed by atoms with van der Waals surface area (Å²) in [5.41, 5.74) is 9.16. The maximum Gasteiger partial charge on any atom is 0.243 e. The third-order valence-electron chi connectivity index (χ3n) is 8.13. The van der Waals surface area contributed by atoms with Gasteiger partial charge in [0.25, 0.3) is 0 Å². The van der Waals surface area contributed by atoms with Crippen LogP contribution in [0.25, 0.3) is 0 Å². The molecule has 0 aliphatic heterocycles. The van der Waals surface area contributed by atoms with Gasteiger partial charge in [-0.3, -0.25) is 9.59 Å². The molecule has 0 saturated heterocycles. The van der Waals surface area contributed by atoms with Gasteiger partial charge >= 0.3 is 0 Å². The number of nitrogens with two attached hydrogens (primary N) is 1. The molecule has 0 aromatic heterocycles. The molecule has 1 aliphatic carbocycles. The number of hydrogen-bond donors (Lipinski definition) is 4. The summed E-state index contributed by atoms with van der Waals surface area (Å²) in [4.78, 5) is 26.0. The van der Waals surface area contributed by atoms with Crippen LogP contribution in [-0.2, 0) is 32.2 Å². The zero-order valence-corrected chi connectivity index (χ0v) is 26.5. The van der Waals surface area contributed by atoms with E-state index in [1.165, 1.54) is 30.5 Å². The van der Waals surface area contributed by atoms with Gasteiger partial charge in [0.15, 0.2) is 0 Å². The van der Waals surface area contributed by atoms with Gasteiger partial charge in [-0.2, -0.15) is 0 Å². The van der Waals surface area contributed by atoms with Crippen LogP contribution >= 0.6 is 0 Å². The van der Waals surface area contributed by atoms with E-state index in [1.807, 2.05) is 26.0 Å². The van der Waals surface area contributed by atoms with Crippen molar-refractivity contribution in [3.8, 4) is 5.75 Å². The molecule has 44 heavy (non-hydrogen) atoms. The Hall–Kier alpha value is -3.05. The van der Waals surface area contributed by atoms with Gasteiger partial charge in [-0.05, 0) is 66.0 Å². The SMILES string of the molecule is CC[C@H](C)[C@H](NC(=O)[C@H](C)C[C@H](O)[C@@H](N)COCc1ccc(C2CC2)c(OCCCOC)c1)C(=O)NCc1ccc(F)cc1. The number of carbonyl (C=O) groups excluding carboxylic acids is 2. The number of benzene rings is 2. The molecule has 2 aromatic rings. The summed E-state index contributed by atoms with van der Waals surface area (Å²) in [6, 6.07) is 10.6. The molecule has 5 N–H and O–H groups in total. The molecule has 1 aliphatic rings. The van der Waals surface area contributed by atoms with E-state index in [2.05, 4.69) is 16.7 Å². The standard InChI is InChI=1S/C34H50FN3O6/c1-5-22(2)32(34(41)37-19-24-7-12-27(35)13-8-24)38-33(40)23(3)17-30(39)29(36)21-43-20-25-9-14-28(26-10-11-26)31(18-25)44-16-6-15-42-4/h7-9,12-14,18,22-23,26,29-30,32,39H,5-6,10-11,15-17,19-21,36H2,1-4H3,(H,37,41)(H,38,40)/t22-,23+,29-,30-,32-/m0/s1. The monoisotopic (exact) mass is 615 g/mol. The third-order valence-corrected chi connectivity index (χ3v) is 8.13. The second-order valence-electron chi connectivity index (χ2n) is 11.9. The Balaban J connectivity index is 1.45. The lowest BCUT2D eigenvalue weighted by Crippen LogP contribution is -2.52. The molecule has 10 heteroatoms. The van der Waals surface area contributed by atoms with E-state index in [4.69, 9.17) is 19.9 Å². The number of ether oxygens (including phenoxy) is 3. The maximum absolute atomic E-state index is 13.2. The fourth-order valence-electron chi connectivity index (χ4n) is 4.88. The minimum atomic E-state index is -0.970. The van der Waals surface area contributed by atoms with Crippen LogP contribution in [0, 0.1) is 17.7 Å². The Labute approximate surface area is 261 Å². The number of rotatable bonds is 20. The fourth-order valence-corrected chi connectivity index (χ4v) is 4.88. The number of aliphatic hydroxyl groups excluding tert-OH is 1. The Bertz CT molecular complexity index is 1180. The molecule has 5 atom stereocenters. The highest BCUT2D eigenvalue weighted by Crippen LogP contribution is 2.44. The lowest BCUT2D eigenvalue weighted by Gasteiger charge is -2.26. The largest absolute Gasteiger partial charge is 0.493 e. The second-order valence-corrected chi connectivity index (χ2v) is 11.9. The Morgan fingerprint density at radius 1 is 1.07 bits per heavy atom. The molecular formula is C34H50FN3O6. The minimum Gasteiger partial charge on any atom is -0.493 e. The van der Waals surface area contributed by atoms with Gasteiger partial charge in [-0.1, -0.05) is 51.5 Å². The molecule has 244 valence electrons. The van der Waals surface area contributed by atoms with Crippen molar-refractivity contribution < 1.29 is 33.3 Å². The van der Waals surface area contributed by atoms with Crippen LogP contribution in [0.3, 0.4) is 0 Å². The van der Waals surface area contributed by atoms with Gasteiger partial charge in [0, 0.05) is 32.6 Å². The van der Waals surface area contributed by atoms with Gasteiger partial charge in [0.05, 0.1) is 32.0 Å². The van der Waals surface area contributed by atoms with Crippen molar-refractivity contribution in [2.24, 2.45) is 17.6 Å². The molecule has 2 aromatic carbocycles. The molecule has 0 unspecified atom stereocenters.